The molecule has 1 aromatic carbocycles. The Bertz CT molecular complexity index is 383. The van der Waals surface area contributed by atoms with Gasteiger partial charge in [0.05, 0.1) is 20.1 Å². The van der Waals surface area contributed by atoms with Gasteiger partial charge in [0.1, 0.15) is 5.75 Å². The molecule has 0 saturated heterocycles. The van der Waals surface area contributed by atoms with Gasteiger partial charge in [0, 0.05) is 5.56 Å². The minimum Gasteiger partial charge on any atom is -0.496 e. The van der Waals surface area contributed by atoms with E-state index in [1.54, 1.807) is 14.0 Å². The third kappa shape index (κ3) is 2.99. The summed E-state index contributed by atoms with van der Waals surface area (Å²) in [4.78, 5) is 11.4. The van der Waals surface area contributed by atoms with Gasteiger partial charge in [-0.2, -0.15) is 0 Å². The maximum Gasteiger partial charge on any atom is 0.310 e. The van der Waals surface area contributed by atoms with Crippen LogP contribution in [0.3, 0.4) is 0 Å². The van der Waals surface area contributed by atoms with Crippen molar-refractivity contribution in [3.63, 3.8) is 0 Å². The molecule has 3 heteroatoms. The van der Waals surface area contributed by atoms with Crippen LogP contribution in [0.25, 0.3) is 0 Å². The van der Waals surface area contributed by atoms with Crippen molar-refractivity contribution in [1.29, 1.82) is 0 Å². The van der Waals surface area contributed by atoms with Crippen molar-refractivity contribution < 1.29 is 14.3 Å². The fourth-order valence-corrected chi connectivity index (χ4v) is 1.72. The SMILES string of the molecule is CCOC(=O)Cc1c(C)cc(C)cc1OC. The summed E-state index contributed by atoms with van der Waals surface area (Å²) < 4.78 is 10.2. The highest BCUT2D eigenvalue weighted by molar-refractivity contribution is 5.74. The Labute approximate surface area is 96.4 Å². The van der Waals surface area contributed by atoms with Crippen LogP contribution >= 0.6 is 0 Å². The maximum absolute atomic E-state index is 11.4. The first-order valence-corrected chi connectivity index (χ1v) is 5.38. The molecule has 0 N–H and O–H groups in total. The van der Waals surface area contributed by atoms with Crippen molar-refractivity contribution >= 4 is 5.97 Å². The van der Waals surface area contributed by atoms with Gasteiger partial charge in [-0.15, -0.1) is 0 Å². The number of hydrogen-bond donors (Lipinski definition) is 0. The number of carbonyl (C=O) groups is 1. The highest BCUT2D eigenvalue weighted by atomic mass is 16.5. The molecule has 0 aliphatic rings. The van der Waals surface area contributed by atoms with Gasteiger partial charge in [-0.05, 0) is 38.0 Å². The van der Waals surface area contributed by atoms with E-state index in [2.05, 4.69) is 0 Å². The summed E-state index contributed by atoms with van der Waals surface area (Å²) in [5.41, 5.74) is 3.10. The summed E-state index contributed by atoms with van der Waals surface area (Å²) in [7, 11) is 1.61. The molecule has 0 aliphatic carbocycles. The second-order valence-corrected chi connectivity index (χ2v) is 3.74. The topological polar surface area (TPSA) is 35.5 Å². The Morgan fingerprint density at radius 1 is 1.31 bits per heavy atom. The molecule has 0 amide bonds. The minimum atomic E-state index is -0.215. The molecule has 0 aliphatic heterocycles. The number of methoxy groups -OCH3 is 1. The zero-order valence-electron chi connectivity index (χ0n) is 10.3. The molecule has 1 rings (SSSR count). The lowest BCUT2D eigenvalue weighted by Gasteiger charge is -2.12. The lowest BCUT2D eigenvalue weighted by Crippen LogP contribution is -2.10. The molecular weight excluding hydrogens is 204 g/mol. The molecular formula is C13H18O3. The number of rotatable bonds is 4. The summed E-state index contributed by atoms with van der Waals surface area (Å²) in [6.07, 6.45) is 0.267. The van der Waals surface area contributed by atoms with Gasteiger partial charge < -0.3 is 9.47 Å². The van der Waals surface area contributed by atoms with Crippen molar-refractivity contribution in [3.8, 4) is 5.75 Å². The lowest BCUT2D eigenvalue weighted by atomic mass is 10.0. The van der Waals surface area contributed by atoms with E-state index in [0.29, 0.717) is 6.61 Å². The zero-order valence-corrected chi connectivity index (χ0v) is 10.3. The molecule has 0 aromatic heterocycles. The quantitative estimate of drug-likeness (QED) is 0.734. The fraction of sp³-hybridized carbons (Fsp3) is 0.462. The molecule has 0 bridgehead atoms. The molecule has 0 atom stereocenters. The summed E-state index contributed by atoms with van der Waals surface area (Å²) >= 11 is 0. The molecule has 0 heterocycles. The van der Waals surface area contributed by atoms with Crippen molar-refractivity contribution in [1.82, 2.24) is 0 Å². The first-order chi connectivity index (χ1) is 7.58. The number of hydrogen-bond acceptors (Lipinski definition) is 3. The predicted molar refractivity (Wildman–Crippen MR) is 62.8 cm³/mol. The molecule has 88 valence electrons. The Morgan fingerprint density at radius 2 is 2.00 bits per heavy atom. The van der Waals surface area contributed by atoms with E-state index >= 15 is 0 Å². The average molecular weight is 222 g/mol. The molecule has 1 aromatic rings. The summed E-state index contributed by atoms with van der Waals surface area (Å²) in [5.74, 6) is 0.540. The van der Waals surface area contributed by atoms with Crippen LogP contribution in [0.5, 0.6) is 5.75 Å². The lowest BCUT2D eigenvalue weighted by molar-refractivity contribution is -0.142. The monoisotopic (exact) mass is 222 g/mol. The van der Waals surface area contributed by atoms with Crippen molar-refractivity contribution in [3.05, 3.63) is 28.8 Å². The van der Waals surface area contributed by atoms with Crippen LogP contribution in [0.4, 0.5) is 0 Å². The fourth-order valence-electron chi connectivity index (χ4n) is 1.72. The normalized spacial score (nSPS) is 10.0. The number of carbonyl (C=O) groups excluding carboxylic acids is 1. The molecule has 3 nitrogen and oxygen atoms in total. The summed E-state index contributed by atoms with van der Waals surface area (Å²) in [6, 6.07) is 3.97. The number of esters is 1. The van der Waals surface area contributed by atoms with Crippen LogP contribution in [0.15, 0.2) is 12.1 Å². The number of aryl methyl sites for hydroxylation is 2. The van der Waals surface area contributed by atoms with Crippen molar-refractivity contribution in [2.45, 2.75) is 27.2 Å². The van der Waals surface area contributed by atoms with Crippen LogP contribution in [-0.2, 0) is 16.0 Å². The first kappa shape index (κ1) is 12.6. The van der Waals surface area contributed by atoms with Gasteiger partial charge in [-0.1, -0.05) is 6.07 Å². The van der Waals surface area contributed by atoms with Crippen LogP contribution < -0.4 is 4.74 Å². The maximum atomic E-state index is 11.4. The van der Waals surface area contributed by atoms with Gasteiger partial charge in [0.25, 0.3) is 0 Å². The standard InChI is InChI=1S/C13H18O3/c1-5-16-13(14)8-11-10(3)6-9(2)7-12(11)15-4/h6-7H,5,8H2,1-4H3. The Balaban J connectivity index is 2.98. The molecule has 0 fully saturated rings. The van der Waals surface area contributed by atoms with Gasteiger partial charge in [0.2, 0.25) is 0 Å². The van der Waals surface area contributed by atoms with Gasteiger partial charge in [0.15, 0.2) is 0 Å². The van der Waals surface area contributed by atoms with Gasteiger partial charge >= 0.3 is 5.97 Å². The van der Waals surface area contributed by atoms with Gasteiger partial charge in [-0.3, -0.25) is 4.79 Å². The Hall–Kier alpha value is -1.51. The van der Waals surface area contributed by atoms with Gasteiger partial charge in [-0.25, -0.2) is 0 Å². The molecule has 0 spiro atoms. The van der Waals surface area contributed by atoms with E-state index in [-0.39, 0.29) is 12.4 Å². The third-order valence-electron chi connectivity index (χ3n) is 2.42. The third-order valence-corrected chi connectivity index (χ3v) is 2.42. The number of ether oxygens (including phenoxy) is 2. The summed E-state index contributed by atoms with van der Waals surface area (Å²) in [5, 5.41) is 0. The average Bonchev–Trinajstić information content (AvgIpc) is 2.22. The molecule has 0 saturated carbocycles. The van der Waals surface area contributed by atoms with Crippen LogP contribution in [0.1, 0.15) is 23.6 Å². The molecule has 0 radical (unpaired) electrons. The van der Waals surface area contributed by atoms with E-state index in [0.717, 1.165) is 22.4 Å². The van der Waals surface area contributed by atoms with E-state index in [4.69, 9.17) is 9.47 Å². The Morgan fingerprint density at radius 3 is 2.56 bits per heavy atom. The van der Waals surface area contributed by atoms with Crippen LogP contribution in [0, 0.1) is 13.8 Å². The van der Waals surface area contributed by atoms with Crippen molar-refractivity contribution in [2.75, 3.05) is 13.7 Å². The smallest absolute Gasteiger partial charge is 0.310 e. The van der Waals surface area contributed by atoms with Crippen LogP contribution in [-0.4, -0.2) is 19.7 Å². The van der Waals surface area contributed by atoms with E-state index in [1.807, 2.05) is 26.0 Å². The first-order valence-electron chi connectivity index (χ1n) is 5.38. The highest BCUT2D eigenvalue weighted by Crippen LogP contribution is 2.24. The largest absolute Gasteiger partial charge is 0.496 e. The highest BCUT2D eigenvalue weighted by Gasteiger charge is 2.12. The van der Waals surface area contributed by atoms with E-state index in [9.17, 15) is 4.79 Å². The van der Waals surface area contributed by atoms with Crippen LogP contribution in [0.2, 0.25) is 0 Å². The zero-order chi connectivity index (χ0) is 12.1. The van der Waals surface area contributed by atoms with Crippen molar-refractivity contribution in [2.24, 2.45) is 0 Å². The number of benzene rings is 1. The predicted octanol–water partition coefficient (Wildman–Crippen LogP) is 2.42. The Kier molecular flexibility index (Phi) is 4.35. The second kappa shape index (κ2) is 5.54. The molecule has 0 unspecified atom stereocenters. The minimum absolute atomic E-state index is 0.215. The van der Waals surface area contributed by atoms with E-state index in [1.165, 1.54) is 0 Å². The summed E-state index contributed by atoms with van der Waals surface area (Å²) in [6.45, 7) is 6.19. The van der Waals surface area contributed by atoms with E-state index < -0.39 is 0 Å². The second-order valence-electron chi connectivity index (χ2n) is 3.74. The molecule has 16 heavy (non-hydrogen) atoms.